The van der Waals surface area contributed by atoms with E-state index in [1.807, 2.05) is 31.5 Å². The SMILES string of the molecule is CCn1nccc1CNC(C(=O)OC)C(C)C. The first kappa shape index (κ1) is 13.7. The maximum atomic E-state index is 11.6. The third kappa shape index (κ3) is 3.56. The van der Waals surface area contributed by atoms with Gasteiger partial charge in [0.2, 0.25) is 0 Å². The Morgan fingerprint density at radius 2 is 2.29 bits per heavy atom. The normalized spacial score (nSPS) is 12.8. The van der Waals surface area contributed by atoms with Crippen LogP contribution in [0.3, 0.4) is 0 Å². The molecule has 1 aromatic heterocycles. The fourth-order valence-electron chi connectivity index (χ4n) is 1.73. The Kier molecular flexibility index (Phi) is 5.15. The summed E-state index contributed by atoms with van der Waals surface area (Å²) in [5.41, 5.74) is 1.07. The largest absolute Gasteiger partial charge is 0.468 e. The first-order chi connectivity index (χ1) is 8.10. The molecule has 5 heteroatoms. The van der Waals surface area contributed by atoms with Gasteiger partial charge in [0.05, 0.1) is 12.8 Å². The first-order valence-electron chi connectivity index (χ1n) is 5.92. The first-order valence-corrected chi connectivity index (χ1v) is 5.92. The van der Waals surface area contributed by atoms with Gasteiger partial charge in [-0.15, -0.1) is 0 Å². The average molecular weight is 239 g/mol. The van der Waals surface area contributed by atoms with Gasteiger partial charge in [-0.3, -0.25) is 14.8 Å². The van der Waals surface area contributed by atoms with Crippen molar-refractivity contribution in [3.8, 4) is 0 Å². The van der Waals surface area contributed by atoms with E-state index in [0.717, 1.165) is 12.2 Å². The molecule has 0 aliphatic heterocycles. The zero-order valence-electron chi connectivity index (χ0n) is 10.9. The lowest BCUT2D eigenvalue weighted by molar-refractivity contribution is -0.144. The van der Waals surface area contributed by atoms with E-state index in [4.69, 9.17) is 4.74 Å². The molecular weight excluding hydrogens is 218 g/mol. The van der Waals surface area contributed by atoms with Gasteiger partial charge in [-0.25, -0.2) is 0 Å². The van der Waals surface area contributed by atoms with Gasteiger partial charge >= 0.3 is 5.97 Å². The van der Waals surface area contributed by atoms with Gasteiger partial charge in [-0.05, 0) is 18.9 Å². The predicted octanol–water partition coefficient (Wildman–Crippen LogP) is 1.19. The van der Waals surface area contributed by atoms with Gasteiger partial charge in [0.15, 0.2) is 0 Å². The number of carbonyl (C=O) groups excluding carboxylic acids is 1. The molecule has 0 saturated carbocycles. The highest BCUT2D eigenvalue weighted by Crippen LogP contribution is 2.06. The minimum atomic E-state index is -0.278. The summed E-state index contributed by atoms with van der Waals surface area (Å²) in [7, 11) is 1.41. The average Bonchev–Trinajstić information content (AvgIpc) is 2.75. The zero-order valence-corrected chi connectivity index (χ0v) is 10.9. The topological polar surface area (TPSA) is 56.2 Å². The number of nitrogens with one attached hydrogen (secondary N) is 1. The molecule has 0 radical (unpaired) electrons. The van der Waals surface area contributed by atoms with Gasteiger partial charge < -0.3 is 4.74 Å². The highest BCUT2D eigenvalue weighted by atomic mass is 16.5. The van der Waals surface area contributed by atoms with Crippen molar-refractivity contribution in [3.05, 3.63) is 18.0 Å². The van der Waals surface area contributed by atoms with Crippen LogP contribution in [0.5, 0.6) is 0 Å². The lowest BCUT2D eigenvalue weighted by atomic mass is 10.0. The van der Waals surface area contributed by atoms with E-state index < -0.39 is 0 Å². The van der Waals surface area contributed by atoms with Crippen molar-refractivity contribution in [2.75, 3.05) is 7.11 Å². The van der Waals surface area contributed by atoms with Crippen LogP contribution in [0.25, 0.3) is 0 Å². The quantitative estimate of drug-likeness (QED) is 0.758. The van der Waals surface area contributed by atoms with Crippen LogP contribution in [0.1, 0.15) is 26.5 Å². The van der Waals surface area contributed by atoms with Crippen molar-refractivity contribution in [2.45, 2.75) is 39.9 Å². The molecule has 0 aliphatic rings. The zero-order chi connectivity index (χ0) is 12.8. The summed E-state index contributed by atoms with van der Waals surface area (Å²) in [6.45, 7) is 7.47. The van der Waals surface area contributed by atoms with E-state index in [0.29, 0.717) is 6.54 Å². The van der Waals surface area contributed by atoms with Crippen LogP contribution in [-0.2, 0) is 22.6 Å². The summed E-state index contributed by atoms with van der Waals surface area (Å²) in [5, 5.41) is 7.39. The molecule has 1 N–H and O–H groups in total. The third-order valence-electron chi connectivity index (χ3n) is 2.73. The Morgan fingerprint density at radius 3 is 2.82 bits per heavy atom. The van der Waals surface area contributed by atoms with Gasteiger partial charge in [0.1, 0.15) is 6.04 Å². The Balaban J connectivity index is 2.61. The summed E-state index contributed by atoms with van der Waals surface area (Å²) in [4.78, 5) is 11.6. The van der Waals surface area contributed by atoms with Crippen molar-refractivity contribution in [1.82, 2.24) is 15.1 Å². The van der Waals surface area contributed by atoms with Gasteiger partial charge in [0, 0.05) is 19.3 Å². The van der Waals surface area contributed by atoms with E-state index in [9.17, 15) is 4.79 Å². The van der Waals surface area contributed by atoms with E-state index in [2.05, 4.69) is 10.4 Å². The fraction of sp³-hybridized carbons (Fsp3) is 0.667. The highest BCUT2D eigenvalue weighted by Gasteiger charge is 2.22. The number of methoxy groups -OCH3 is 1. The molecule has 1 unspecified atom stereocenters. The summed E-state index contributed by atoms with van der Waals surface area (Å²) in [6.07, 6.45) is 1.77. The molecule has 0 fully saturated rings. The second kappa shape index (κ2) is 6.39. The number of nitrogens with zero attached hydrogens (tertiary/aromatic N) is 2. The van der Waals surface area contributed by atoms with E-state index in [1.165, 1.54) is 7.11 Å². The van der Waals surface area contributed by atoms with Crippen LogP contribution in [0, 0.1) is 5.92 Å². The molecular formula is C12H21N3O2. The molecule has 1 aromatic rings. The molecule has 96 valence electrons. The number of aryl methyl sites for hydroxylation is 1. The molecule has 1 atom stereocenters. The van der Waals surface area contributed by atoms with Crippen molar-refractivity contribution >= 4 is 5.97 Å². The number of ether oxygens (including phenoxy) is 1. The standard InChI is InChI=1S/C12H21N3O2/c1-5-15-10(6-7-14-15)8-13-11(9(2)3)12(16)17-4/h6-7,9,11,13H,5,8H2,1-4H3. The summed E-state index contributed by atoms with van der Waals surface area (Å²) < 4.78 is 6.68. The van der Waals surface area contributed by atoms with Gasteiger partial charge in [0.25, 0.3) is 0 Å². The Bertz CT molecular complexity index is 360. The van der Waals surface area contributed by atoms with Crippen molar-refractivity contribution < 1.29 is 9.53 Å². The number of carbonyl (C=O) groups is 1. The van der Waals surface area contributed by atoms with E-state index in [-0.39, 0.29) is 17.9 Å². The van der Waals surface area contributed by atoms with Crippen LogP contribution in [0.2, 0.25) is 0 Å². The second-order valence-corrected chi connectivity index (χ2v) is 4.26. The van der Waals surface area contributed by atoms with Gasteiger partial charge in [-0.2, -0.15) is 5.10 Å². The number of esters is 1. The molecule has 0 bridgehead atoms. The monoisotopic (exact) mass is 239 g/mol. The van der Waals surface area contributed by atoms with Crippen LogP contribution in [-0.4, -0.2) is 28.9 Å². The van der Waals surface area contributed by atoms with Crippen LogP contribution < -0.4 is 5.32 Å². The highest BCUT2D eigenvalue weighted by molar-refractivity contribution is 5.75. The molecule has 0 spiro atoms. The van der Waals surface area contributed by atoms with Crippen molar-refractivity contribution in [1.29, 1.82) is 0 Å². The maximum Gasteiger partial charge on any atom is 0.323 e. The minimum absolute atomic E-state index is 0.195. The number of hydrogen-bond donors (Lipinski definition) is 1. The van der Waals surface area contributed by atoms with Crippen LogP contribution in [0.15, 0.2) is 12.3 Å². The smallest absolute Gasteiger partial charge is 0.323 e. The van der Waals surface area contributed by atoms with Crippen molar-refractivity contribution in [2.24, 2.45) is 5.92 Å². The molecule has 1 heterocycles. The minimum Gasteiger partial charge on any atom is -0.468 e. The maximum absolute atomic E-state index is 11.6. The third-order valence-corrected chi connectivity index (χ3v) is 2.73. The molecule has 0 aliphatic carbocycles. The number of hydrogen-bond acceptors (Lipinski definition) is 4. The summed E-state index contributed by atoms with van der Waals surface area (Å²) in [6, 6.07) is 1.67. The predicted molar refractivity (Wildman–Crippen MR) is 65.4 cm³/mol. The van der Waals surface area contributed by atoms with Gasteiger partial charge in [-0.1, -0.05) is 13.8 Å². The molecule has 0 saturated heterocycles. The van der Waals surface area contributed by atoms with Crippen LogP contribution in [0.4, 0.5) is 0 Å². The Morgan fingerprint density at radius 1 is 1.59 bits per heavy atom. The molecule has 5 nitrogen and oxygen atoms in total. The number of rotatable bonds is 6. The molecule has 0 aromatic carbocycles. The Hall–Kier alpha value is -1.36. The molecule has 1 rings (SSSR count). The summed E-state index contributed by atoms with van der Waals surface area (Å²) in [5.74, 6) is -0.0250. The lowest BCUT2D eigenvalue weighted by Gasteiger charge is -2.19. The van der Waals surface area contributed by atoms with E-state index >= 15 is 0 Å². The molecule has 17 heavy (non-hydrogen) atoms. The number of aromatic nitrogens is 2. The fourth-order valence-corrected chi connectivity index (χ4v) is 1.73. The lowest BCUT2D eigenvalue weighted by Crippen LogP contribution is -2.41. The second-order valence-electron chi connectivity index (χ2n) is 4.26. The Labute approximate surface area is 102 Å². The summed E-state index contributed by atoms with van der Waals surface area (Å²) >= 11 is 0. The molecule has 0 amide bonds. The van der Waals surface area contributed by atoms with Crippen LogP contribution >= 0.6 is 0 Å². The van der Waals surface area contributed by atoms with E-state index in [1.54, 1.807) is 6.20 Å². The van der Waals surface area contributed by atoms with Crippen molar-refractivity contribution in [3.63, 3.8) is 0 Å².